The molecule has 1 rings (SSSR count). The molecule has 0 spiro atoms. The lowest BCUT2D eigenvalue weighted by atomic mass is 9.97. The average Bonchev–Trinajstić information content (AvgIpc) is 2.80. The summed E-state index contributed by atoms with van der Waals surface area (Å²) in [4.78, 5) is 50.0. The predicted molar refractivity (Wildman–Crippen MR) is 134 cm³/mol. The maximum atomic E-state index is 13.0. The van der Waals surface area contributed by atoms with E-state index in [1.165, 1.54) is 0 Å². The van der Waals surface area contributed by atoms with Crippen molar-refractivity contribution in [2.24, 2.45) is 17.6 Å². The molecule has 0 bridgehead atoms. The largest absolute Gasteiger partial charge is 0.480 e. The summed E-state index contributed by atoms with van der Waals surface area (Å²) in [5.41, 5.74) is 6.75. The van der Waals surface area contributed by atoms with Crippen LogP contribution in [0.4, 0.5) is 0 Å². The fraction of sp³-hybridized carbons (Fsp3) is 0.583. The van der Waals surface area contributed by atoms with Crippen LogP contribution in [0.5, 0.6) is 0 Å². The van der Waals surface area contributed by atoms with Gasteiger partial charge in [0.15, 0.2) is 0 Å². The Morgan fingerprint density at radius 2 is 1.44 bits per heavy atom. The van der Waals surface area contributed by atoms with Crippen LogP contribution in [0.1, 0.15) is 46.1 Å². The van der Waals surface area contributed by atoms with Gasteiger partial charge in [0, 0.05) is 12.2 Å². The van der Waals surface area contributed by atoms with Gasteiger partial charge in [-0.15, -0.1) is 0 Å². The van der Waals surface area contributed by atoms with E-state index in [1.807, 2.05) is 33.8 Å². The van der Waals surface area contributed by atoms with Crippen molar-refractivity contribution >= 4 is 36.3 Å². The van der Waals surface area contributed by atoms with Gasteiger partial charge in [-0.05, 0) is 23.8 Å². The standard InChI is InChI=1S/C24H38N4O5S/c1-5-15(4)20(25)23(31)26-17(11-14(2)3)21(29)28-19(13-34)22(30)27-18(24(32)33)12-16-9-7-6-8-10-16/h6-10,14-15,17-20,34H,5,11-13,25H2,1-4H3,(H,26,31)(H,27,30)(H,28,29)(H,32,33). The van der Waals surface area contributed by atoms with Crippen LogP contribution in [-0.2, 0) is 25.6 Å². The van der Waals surface area contributed by atoms with E-state index in [2.05, 4.69) is 28.6 Å². The molecule has 0 aliphatic rings. The normalized spacial score (nSPS) is 15.5. The first-order valence-corrected chi connectivity index (χ1v) is 12.2. The van der Waals surface area contributed by atoms with Gasteiger partial charge in [-0.1, -0.05) is 64.4 Å². The van der Waals surface area contributed by atoms with Crippen LogP contribution in [0.15, 0.2) is 30.3 Å². The van der Waals surface area contributed by atoms with E-state index in [0.717, 1.165) is 5.56 Å². The molecule has 1 aromatic carbocycles. The van der Waals surface area contributed by atoms with Gasteiger partial charge in [-0.3, -0.25) is 14.4 Å². The number of hydrogen-bond acceptors (Lipinski definition) is 6. The second-order valence-corrected chi connectivity index (χ2v) is 9.30. The van der Waals surface area contributed by atoms with Crippen molar-refractivity contribution in [2.45, 2.75) is 71.1 Å². The van der Waals surface area contributed by atoms with Crippen LogP contribution in [0, 0.1) is 11.8 Å². The first-order chi connectivity index (χ1) is 16.0. The minimum Gasteiger partial charge on any atom is -0.480 e. The molecule has 5 unspecified atom stereocenters. The summed E-state index contributed by atoms with van der Waals surface area (Å²) in [6.45, 7) is 7.60. The summed E-state index contributed by atoms with van der Waals surface area (Å²) >= 11 is 4.15. The molecule has 5 atom stereocenters. The van der Waals surface area contributed by atoms with E-state index in [-0.39, 0.29) is 24.0 Å². The number of rotatable bonds is 14. The van der Waals surface area contributed by atoms with Crippen LogP contribution in [0.3, 0.4) is 0 Å². The molecule has 0 aromatic heterocycles. The highest BCUT2D eigenvalue weighted by Crippen LogP contribution is 2.10. The zero-order valence-electron chi connectivity index (χ0n) is 20.3. The summed E-state index contributed by atoms with van der Waals surface area (Å²) in [7, 11) is 0. The van der Waals surface area contributed by atoms with Crippen molar-refractivity contribution in [1.82, 2.24) is 16.0 Å². The van der Waals surface area contributed by atoms with Crippen LogP contribution in [-0.4, -0.2) is 58.7 Å². The minimum absolute atomic E-state index is 0.0516. The van der Waals surface area contributed by atoms with Gasteiger partial charge in [0.1, 0.15) is 18.1 Å². The second-order valence-electron chi connectivity index (χ2n) is 8.93. The monoisotopic (exact) mass is 494 g/mol. The quantitative estimate of drug-likeness (QED) is 0.213. The van der Waals surface area contributed by atoms with Crippen molar-refractivity contribution in [3.63, 3.8) is 0 Å². The molecule has 0 heterocycles. The van der Waals surface area contributed by atoms with Crippen LogP contribution >= 0.6 is 12.6 Å². The zero-order valence-corrected chi connectivity index (χ0v) is 21.2. The number of nitrogens with one attached hydrogen (secondary N) is 3. The lowest BCUT2D eigenvalue weighted by Crippen LogP contribution is -2.58. The van der Waals surface area contributed by atoms with Crippen LogP contribution in [0.25, 0.3) is 0 Å². The molecule has 0 aliphatic heterocycles. The summed E-state index contributed by atoms with van der Waals surface area (Å²) in [6.07, 6.45) is 1.15. The predicted octanol–water partition coefficient (Wildman–Crippen LogP) is 1.12. The molecule has 10 heteroatoms. The van der Waals surface area contributed by atoms with Gasteiger partial charge in [0.2, 0.25) is 17.7 Å². The smallest absolute Gasteiger partial charge is 0.326 e. The van der Waals surface area contributed by atoms with E-state index < -0.39 is 47.9 Å². The Morgan fingerprint density at radius 1 is 0.912 bits per heavy atom. The van der Waals surface area contributed by atoms with Crippen molar-refractivity contribution in [3.05, 3.63) is 35.9 Å². The molecule has 3 amide bonds. The van der Waals surface area contributed by atoms with Gasteiger partial charge < -0.3 is 26.8 Å². The van der Waals surface area contributed by atoms with Gasteiger partial charge in [0.05, 0.1) is 6.04 Å². The Bertz CT molecular complexity index is 821. The highest BCUT2D eigenvalue weighted by atomic mass is 32.1. The van der Waals surface area contributed by atoms with Crippen LogP contribution < -0.4 is 21.7 Å². The second kappa shape index (κ2) is 14.6. The number of hydrogen-bond donors (Lipinski definition) is 6. The zero-order chi connectivity index (χ0) is 25.8. The third kappa shape index (κ3) is 9.72. The topological polar surface area (TPSA) is 151 Å². The molecule has 9 nitrogen and oxygen atoms in total. The molecule has 6 N–H and O–H groups in total. The van der Waals surface area contributed by atoms with Crippen molar-refractivity contribution in [1.29, 1.82) is 0 Å². The van der Waals surface area contributed by atoms with E-state index in [4.69, 9.17) is 5.73 Å². The fourth-order valence-electron chi connectivity index (χ4n) is 3.27. The molecular formula is C24H38N4O5S. The number of thiol groups is 1. The van der Waals surface area contributed by atoms with E-state index in [9.17, 15) is 24.3 Å². The van der Waals surface area contributed by atoms with E-state index in [0.29, 0.717) is 12.8 Å². The number of nitrogens with two attached hydrogens (primary N) is 1. The number of benzene rings is 1. The fourth-order valence-corrected chi connectivity index (χ4v) is 3.53. The summed E-state index contributed by atoms with van der Waals surface area (Å²) < 4.78 is 0. The Balaban J connectivity index is 2.88. The molecule has 1 aromatic rings. The Morgan fingerprint density at radius 3 is 1.94 bits per heavy atom. The number of amides is 3. The first-order valence-electron chi connectivity index (χ1n) is 11.5. The number of carbonyl (C=O) groups excluding carboxylic acids is 3. The maximum Gasteiger partial charge on any atom is 0.326 e. The van der Waals surface area contributed by atoms with Gasteiger partial charge in [-0.2, -0.15) is 12.6 Å². The summed E-state index contributed by atoms with van der Waals surface area (Å²) in [5, 5.41) is 17.3. The van der Waals surface area contributed by atoms with Crippen molar-refractivity contribution in [2.75, 3.05) is 5.75 Å². The SMILES string of the molecule is CCC(C)C(N)C(=O)NC(CC(C)C)C(=O)NC(CS)C(=O)NC(Cc1ccccc1)C(=O)O. The lowest BCUT2D eigenvalue weighted by Gasteiger charge is -2.26. The molecule has 0 saturated carbocycles. The van der Waals surface area contributed by atoms with E-state index in [1.54, 1.807) is 24.3 Å². The number of carboxylic acid groups (broad SMARTS) is 1. The van der Waals surface area contributed by atoms with Gasteiger partial charge in [0.25, 0.3) is 0 Å². The van der Waals surface area contributed by atoms with Gasteiger partial charge in [-0.25, -0.2) is 4.79 Å². The van der Waals surface area contributed by atoms with E-state index >= 15 is 0 Å². The van der Waals surface area contributed by atoms with Crippen LogP contribution in [0.2, 0.25) is 0 Å². The molecule has 0 fully saturated rings. The molecule has 0 aliphatic carbocycles. The van der Waals surface area contributed by atoms with Crippen molar-refractivity contribution < 1.29 is 24.3 Å². The molecule has 0 saturated heterocycles. The minimum atomic E-state index is -1.19. The highest BCUT2D eigenvalue weighted by molar-refractivity contribution is 7.80. The Hall–Kier alpha value is -2.59. The van der Waals surface area contributed by atoms with Gasteiger partial charge >= 0.3 is 5.97 Å². The first kappa shape index (κ1) is 29.4. The maximum absolute atomic E-state index is 13.0. The highest BCUT2D eigenvalue weighted by Gasteiger charge is 2.31. The molecule has 34 heavy (non-hydrogen) atoms. The summed E-state index contributed by atoms with van der Waals surface area (Å²) in [5.74, 6) is -2.87. The number of carboxylic acids is 1. The lowest BCUT2D eigenvalue weighted by molar-refractivity contribution is -0.142. The summed E-state index contributed by atoms with van der Waals surface area (Å²) in [6, 6.07) is 5.01. The molecule has 190 valence electrons. The third-order valence-electron chi connectivity index (χ3n) is 5.61. The number of carbonyl (C=O) groups is 4. The third-order valence-corrected chi connectivity index (χ3v) is 5.98. The average molecular weight is 495 g/mol. The van der Waals surface area contributed by atoms with Crippen molar-refractivity contribution in [3.8, 4) is 0 Å². The Labute approximate surface area is 207 Å². The molecular weight excluding hydrogens is 456 g/mol. The Kier molecular flexibility index (Phi) is 12.7. The number of aliphatic carboxylic acids is 1. The molecule has 0 radical (unpaired) electrons.